The van der Waals surface area contributed by atoms with Crippen molar-refractivity contribution in [1.82, 2.24) is 4.90 Å². The van der Waals surface area contributed by atoms with Gasteiger partial charge in [-0.2, -0.15) is 13.2 Å². The molecule has 102 valence electrons. The minimum absolute atomic E-state index is 0.173. The largest absolute Gasteiger partial charge is 0.401 e. The molecule has 0 aliphatic heterocycles. The first kappa shape index (κ1) is 14.8. The van der Waals surface area contributed by atoms with E-state index < -0.39 is 37.5 Å². The summed E-state index contributed by atoms with van der Waals surface area (Å²) in [4.78, 5) is 0.803. The summed E-state index contributed by atoms with van der Waals surface area (Å²) in [5.74, 6) is -1.50. The van der Waals surface area contributed by atoms with Crippen molar-refractivity contribution in [2.75, 3.05) is 19.7 Å². The van der Waals surface area contributed by atoms with Crippen molar-refractivity contribution in [2.24, 2.45) is 0 Å². The Morgan fingerprint density at radius 3 is 2.39 bits per heavy atom. The number of benzene rings is 1. The van der Waals surface area contributed by atoms with Crippen LogP contribution in [0, 0.1) is 11.6 Å². The lowest BCUT2D eigenvalue weighted by atomic mass is 10.2. The van der Waals surface area contributed by atoms with Crippen LogP contribution in [0.1, 0.15) is 5.56 Å². The van der Waals surface area contributed by atoms with Crippen LogP contribution in [-0.2, 0) is 6.54 Å². The Bertz CT molecular complexity index is 394. The molecule has 0 bridgehead atoms. The fourth-order valence-corrected chi connectivity index (χ4v) is 1.51. The quantitative estimate of drug-likeness (QED) is 0.829. The van der Waals surface area contributed by atoms with Gasteiger partial charge in [0.1, 0.15) is 11.6 Å². The predicted octanol–water partition coefficient (Wildman–Crippen LogP) is 2.32. The van der Waals surface area contributed by atoms with Crippen LogP contribution in [-0.4, -0.2) is 35.9 Å². The summed E-state index contributed by atoms with van der Waals surface area (Å²) in [5, 5.41) is 8.66. The molecule has 0 heterocycles. The summed E-state index contributed by atoms with van der Waals surface area (Å²) in [7, 11) is 0. The van der Waals surface area contributed by atoms with Gasteiger partial charge >= 0.3 is 6.18 Å². The zero-order valence-electron chi connectivity index (χ0n) is 9.34. The third kappa shape index (κ3) is 4.97. The zero-order chi connectivity index (χ0) is 13.8. The molecule has 0 aromatic heterocycles. The molecular formula is C11H12F5NO. The first-order valence-corrected chi connectivity index (χ1v) is 5.15. The molecule has 2 nitrogen and oxygen atoms in total. The maximum atomic E-state index is 13.3. The molecule has 0 amide bonds. The van der Waals surface area contributed by atoms with Crippen LogP contribution in [0.5, 0.6) is 0 Å². The Morgan fingerprint density at radius 1 is 1.17 bits per heavy atom. The van der Waals surface area contributed by atoms with Gasteiger partial charge in [-0.05, 0) is 18.2 Å². The van der Waals surface area contributed by atoms with Crippen LogP contribution in [0.4, 0.5) is 22.0 Å². The van der Waals surface area contributed by atoms with Gasteiger partial charge in [-0.15, -0.1) is 0 Å². The van der Waals surface area contributed by atoms with Gasteiger partial charge in [0.25, 0.3) is 0 Å². The highest BCUT2D eigenvalue weighted by molar-refractivity contribution is 5.18. The van der Waals surface area contributed by atoms with Crippen LogP contribution >= 0.6 is 0 Å². The molecule has 1 aromatic carbocycles. The van der Waals surface area contributed by atoms with Crippen molar-refractivity contribution in [2.45, 2.75) is 12.7 Å². The molecule has 1 rings (SSSR count). The van der Waals surface area contributed by atoms with E-state index in [9.17, 15) is 22.0 Å². The summed E-state index contributed by atoms with van der Waals surface area (Å²) in [6.07, 6.45) is -4.46. The van der Waals surface area contributed by atoms with E-state index in [2.05, 4.69) is 0 Å². The molecule has 0 saturated heterocycles. The van der Waals surface area contributed by atoms with E-state index in [4.69, 9.17) is 5.11 Å². The zero-order valence-corrected chi connectivity index (χ0v) is 9.34. The summed E-state index contributed by atoms with van der Waals surface area (Å²) >= 11 is 0. The topological polar surface area (TPSA) is 23.5 Å². The van der Waals surface area contributed by atoms with E-state index in [0.717, 1.165) is 23.1 Å². The van der Waals surface area contributed by atoms with Gasteiger partial charge in [-0.3, -0.25) is 4.90 Å². The highest BCUT2D eigenvalue weighted by atomic mass is 19.4. The Kier molecular flexibility index (Phi) is 5.03. The lowest BCUT2D eigenvalue weighted by Gasteiger charge is -2.22. The molecule has 0 saturated carbocycles. The van der Waals surface area contributed by atoms with Gasteiger partial charge in [0.05, 0.1) is 13.2 Å². The number of nitrogens with zero attached hydrogens (tertiary/aromatic N) is 1. The second kappa shape index (κ2) is 6.10. The van der Waals surface area contributed by atoms with Crippen LogP contribution < -0.4 is 0 Å². The van der Waals surface area contributed by atoms with Crippen molar-refractivity contribution < 1.29 is 27.1 Å². The predicted molar refractivity (Wildman–Crippen MR) is 54.8 cm³/mol. The number of halogens is 5. The average Bonchev–Trinajstić information content (AvgIpc) is 2.21. The van der Waals surface area contributed by atoms with E-state index in [0.29, 0.717) is 0 Å². The number of hydrogen-bond donors (Lipinski definition) is 1. The highest BCUT2D eigenvalue weighted by Gasteiger charge is 2.30. The maximum Gasteiger partial charge on any atom is 0.401 e. The number of hydrogen-bond acceptors (Lipinski definition) is 2. The molecule has 0 radical (unpaired) electrons. The smallest absolute Gasteiger partial charge is 0.395 e. The standard InChI is InChI=1S/C11H12F5NO/c12-9-1-2-10(13)8(5-9)6-17(3-4-18)7-11(14,15)16/h1-2,5,18H,3-4,6-7H2. The van der Waals surface area contributed by atoms with Crippen molar-refractivity contribution in [3.63, 3.8) is 0 Å². The maximum absolute atomic E-state index is 13.3. The molecule has 0 aliphatic rings. The Balaban J connectivity index is 2.79. The number of alkyl halides is 3. The third-order valence-electron chi connectivity index (χ3n) is 2.22. The van der Waals surface area contributed by atoms with Crippen LogP contribution in [0.15, 0.2) is 18.2 Å². The molecule has 0 atom stereocenters. The summed E-state index contributed by atoms with van der Waals surface area (Å²) in [5.41, 5.74) is -0.173. The fraction of sp³-hybridized carbons (Fsp3) is 0.455. The van der Waals surface area contributed by atoms with Crippen molar-refractivity contribution in [1.29, 1.82) is 0 Å². The van der Waals surface area contributed by atoms with E-state index in [1.54, 1.807) is 0 Å². The van der Waals surface area contributed by atoms with Crippen LogP contribution in [0.2, 0.25) is 0 Å². The van der Waals surface area contributed by atoms with Crippen molar-refractivity contribution in [3.8, 4) is 0 Å². The molecule has 1 aromatic rings. The van der Waals surface area contributed by atoms with Crippen LogP contribution in [0.3, 0.4) is 0 Å². The van der Waals surface area contributed by atoms with Gasteiger partial charge in [0.15, 0.2) is 0 Å². The minimum atomic E-state index is -4.46. The van der Waals surface area contributed by atoms with Gasteiger partial charge < -0.3 is 5.11 Å². The van der Waals surface area contributed by atoms with E-state index in [1.807, 2.05) is 0 Å². The van der Waals surface area contributed by atoms with E-state index in [1.165, 1.54) is 0 Å². The van der Waals surface area contributed by atoms with E-state index >= 15 is 0 Å². The normalized spacial score (nSPS) is 12.2. The van der Waals surface area contributed by atoms with Gasteiger partial charge in [-0.1, -0.05) is 0 Å². The molecule has 0 unspecified atom stereocenters. The number of aliphatic hydroxyl groups is 1. The molecule has 0 aliphatic carbocycles. The van der Waals surface area contributed by atoms with Crippen LogP contribution in [0.25, 0.3) is 0 Å². The van der Waals surface area contributed by atoms with Gasteiger partial charge in [0.2, 0.25) is 0 Å². The second-order valence-corrected chi connectivity index (χ2v) is 3.79. The van der Waals surface area contributed by atoms with Gasteiger partial charge in [0, 0.05) is 18.7 Å². The minimum Gasteiger partial charge on any atom is -0.395 e. The monoisotopic (exact) mass is 269 g/mol. The lowest BCUT2D eigenvalue weighted by Crippen LogP contribution is -2.36. The van der Waals surface area contributed by atoms with E-state index in [-0.39, 0.29) is 12.1 Å². The van der Waals surface area contributed by atoms with Gasteiger partial charge in [-0.25, -0.2) is 8.78 Å². The third-order valence-corrected chi connectivity index (χ3v) is 2.22. The van der Waals surface area contributed by atoms with Crippen molar-refractivity contribution in [3.05, 3.63) is 35.4 Å². The molecule has 18 heavy (non-hydrogen) atoms. The SMILES string of the molecule is OCCN(Cc1cc(F)ccc1F)CC(F)(F)F. The molecule has 0 fully saturated rings. The number of aliphatic hydroxyl groups excluding tert-OH is 1. The first-order valence-electron chi connectivity index (χ1n) is 5.15. The first-order chi connectivity index (χ1) is 8.31. The Labute approximate surface area is 101 Å². The Morgan fingerprint density at radius 2 is 1.83 bits per heavy atom. The molecule has 1 N–H and O–H groups in total. The highest BCUT2D eigenvalue weighted by Crippen LogP contribution is 2.19. The molecule has 0 spiro atoms. The lowest BCUT2D eigenvalue weighted by molar-refractivity contribution is -0.148. The second-order valence-electron chi connectivity index (χ2n) is 3.79. The number of rotatable bonds is 5. The summed E-state index contributed by atoms with van der Waals surface area (Å²) in [6.45, 7) is -2.46. The van der Waals surface area contributed by atoms with Crippen molar-refractivity contribution >= 4 is 0 Å². The molecular weight excluding hydrogens is 257 g/mol. The Hall–Kier alpha value is -1.21. The summed E-state index contributed by atoms with van der Waals surface area (Å²) < 4.78 is 62.8. The average molecular weight is 269 g/mol. The fourth-order valence-electron chi connectivity index (χ4n) is 1.51. The summed E-state index contributed by atoms with van der Waals surface area (Å²) in [6, 6.07) is 2.59. The molecule has 7 heteroatoms.